The summed E-state index contributed by atoms with van der Waals surface area (Å²) < 4.78 is 5.75. The topological polar surface area (TPSA) is 85.2 Å². The zero-order valence-electron chi connectivity index (χ0n) is 15.5. The molecule has 1 aromatic carbocycles. The van der Waals surface area contributed by atoms with Crippen LogP contribution >= 0.6 is 0 Å². The summed E-state index contributed by atoms with van der Waals surface area (Å²) >= 11 is 0. The van der Waals surface area contributed by atoms with Gasteiger partial charge in [0, 0.05) is 44.3 Å². The molecular weight excluding hydrogens is 354 g/mol. The number of aromatic amines is 1. The van der Waals surface area contributed by atoms with Crippen LogP contribution in [0.25, 0.3) is 11.0 Å². The first-order valence-corrected chi connectivity index (χ1v) is 9.32. The van der Waals surface area contributed by atoms with Crippen molar-refractivity contribution in [3.8, 4) is 11.8 Å². The van der Waals surface area contributed by atoms with Crippen LogP contribution in [0.15, 0.2) is 48.7 Å². The van der Waals surface area contributed by atoms with Gasteiger partial charge in [0.2, 0.25) is 0 Å². The maximum absolute atomic E-state index is 12.7. The van der Waals surface area contributed by atoms with E-state index in [0.29, 0.717) is 36.7 Å². The number of benzene rings is 1. The number of hydrogen-bond acceptors (Lipinski definition) is 5. The molecule has 0 bridgehead atoms. The number of carbonyl (C=O) groups excluding carboxylic acids is 1. The third-order valence-electron chi connectivity index (χ3n) is 4.95. The second kappa shape index (κ2) is 8.11. The molecule has 0 spiro atoms. The molecule has 1 N–H and O–H groups in total. The molecule has 4 rings (SSSR count). The summed E-state index contributed by atoms with van der Waals surface area (Å²) in [5, 5.41) is 10.0. The molecule has 1 aliphatic heterocycles. The van der Waals surface area contributed by atoms with E-state index in [2.05, 4.69) is 20.9 Å². The molecule has 1 fully saturated rings. The number of hydrogen-bond donors (Lipinski definition) is 1. The number of nitriles is 1. The van der Waals surface area contributed by atoms with Crippen molar-refractivity contribution in [3.63, 3.8) is 0 Å². The Morgan fingerprint density at radius 2 is 2.00 bits per heavy atom. The number of amides is 1. The highest BCUT2D eigenvalue weighted by atomic mass is 16.5. The number of para-hydroxylation sites is 1. The highest BCUT2D eigenvalue weighted by Crippen LogP contribution is 2.17. The Hall–Kier alpha value is -3.37. The first-order chi connectivity index (χ1) is 13.7. The van der Waals surface area contributed by atoms with Crippen molar-refractivity contribution >= 4 is 16.9 Å². The average Bonchev–Trinajstić information content (AvgIpc) is 3.18. The van der Waals surface area contributed by atoms with Gasteiger partial charge in [-0.25, -0.2) is 4.98 Å². The van der Waals surface area contributed by atoms with Crippen LogP contribution in [-0.4, -0.2) is 65.0 Å². The first kappa shape index (κ1) is 18.0. The highest BCUT2D eigenvalue weighted by Gasteiger charge is 2.23. The molecule has 142 valence electrons. The predicted octanol–water partition coefficient (Wildman–Crippen LogP) is 2.27. The van der Waals surface area contributed by atoms with Crippen LogP contribution in [0.2, 0.25) is 0 Å². The number of aromatic nitrogens is 2. The summed E-state index contributed by atoms with van der Waals surface area (Å²) in [5.41, 5.74) is 1.86. The first-order valence-electron chi connectivity index (χ1n) is 9.32. The van der Waals surface area contributed by atoms with Crippen molar-refractivity contribution < 1.29 is 9.53 Å². The molecule has 1 saturated heterocycles. The molecule has 0 radical (unpaired) electrons. The summed E-state index contributed by atoms with van der Waals surface area (Å²) in [4.78, 5) is 24.2. The normalized spacial score (nSPS) is 14.8. The largest absolute Gasteiger partial charge is 0.491 e. The van der Waals surface area contributed by atoms with Gasteiger partial charge in [0.05, 0.1) is 5.56 Å². The lowest BCUT2D eigenvalue weighted by atomic mass is 10.2. The van der Waals surface area contributed by atoms with E-state index >= 15 is 0 Å². The Kier molecular flexibility index (Phi) is 5.22. The average molecular weight is 375 g/mol. The minimum Gasteiger partial charge on any atom is -0.491 e. The van der Waals surface area contributed by atoms with Crippen LogP contribution in [0.1, 0.15) is 16.1 Å². The number of ether oxygens (including phenoxy) is 1. The van der Waals surface area contributed by atoms with Crippen LogP contribution in [0, 0.1) is 11.3 Å². The quantitative estimate of drug-likeness (QED) is 0.739. The van der Waals surface area contributed by atoms with E-state index in [9.17, 15) is 4.79 Å². The maximum atomic E-state index is 12.7. The van der Waals surface area contributed by atoms with E-state index in [1.807, 2.05) is 41.3 Å². The Bertz CT molecular complexity index is 982. The van der Waals surface area contributed by atoms with Gasteiger partial charge in [-0.3, -0.25) is 9.69 Å². The fourth-order valence-corrected chi connectivity index (χ4v) is 3.39. The predicted molar refractivity (Wildman–Crippen MR) is 105 cm³/mol. The third kappa shape index (κ3) is 3.82. The van der Waals surface area contributed by atoms with Gasteiger partial charge in [0.25, 0.3) is 5.91 Å². The number of carbonyl (C=O) groups is 1. The molecule has 7 heteroatoms. The minimum atomic E-state index is 0.0110. The second-order valence-electron chi connectivity index (χ2n) is 6.71. The number of pyridine rings is 1. The van der Waals surface area contributed by atoms with Crippen LogP contribution < -0.4 is 4.74 Å². The number of H-pyrrole nitrogens is 1. The molecule has 0 unspecified atom stereocenters. The van der Waals surface area contributed by atoms with Crippen LogP contribution in [0.3, 0.4) is 0 Å². The summed E-state index contributed by atoms with van der Waals surface area (Å²) in [6.07, 6.45) is 1.71. The molecular formula is C21H21N5O2. The van der Waals surface area contributed by atoms with Gasteiger partial charge in [-0.05, 0) is 30.3 Å². The van der Waals surface area contributed by atoms with Gasteiger partial charge in [-0.1, -0.05) is 12.1 Å². The van der Waals surface area contributed by atoms with Crippen molar-refractivity contribution in [2.45, 2.75) is 0 Å². The fraction of sp³-hybridized carbons (Fsp3) is 0.286. The van der Waals surface area contributed by atoms with Crippen molar-refractivity contribution in [1.82, 2.24) is 19.8 Å². The lowest BCUT2D eigenvalue weighted by Gasteiger charge is -2.34. The van der Waals surface area contributed by atoms with E-state index in [0.717, 1.165) is 30.7 Å². The molecule has 1 amide bonds. The van der Waals surface area contributed by atoms with Crippen LogP contribution in [0.4, 0.5) is 0 Å². The van der Waals surface area contributed by atoms with E-state index in [1.54, 1.807) is 12.3 Å². The van der Waals surface area contributed by atoms with E-state index in [1.165, 1.54) is 0 Å². The zero-order chi connectivity index (χ0) is 19.3. The number of nitrogens with zero attached hydrogens (tertiary/aromatic N) is 4. The van der Waals surface area contributed by atoms with Gasteiger partial charge in [0.15, 0.2) is 0 Å². The maximum Gasteiger partial charge on any atom is 0.270 e. The van der Waals surface area contributed by atoms with Crippen molar-refractivity contribution in [3.05, 3.63) is 59.9 Å². The van der Waals surface area contributed by atoms with Crippen molar-refractivity contribution in [1.29, 1.82) is 5.26 Å². The van der Waals surface area contributed by atoms with E-state index < -0.39 is 0 Å². The Morgan fingerprint density at radius 3 is 2.79 bits per heavy atom. The van der Waals surface area contributed by atoms with E-state index in [-0.39, 0.29) is 5.91 Å². The molecule has 0 saturated carbocycles. The summed E-state index contributed by atoms with van der Waals surface area (Å²) in [7, 11) is 0. The number of fused-ring (bicyclic) bond motifs is 1. The van der Waals surface area contributed by atoms with Crippen LogP contribution in [-0.2, 0) is 0 Å². The number of rotatable bonds is 5. The molecule has 28 heavy (non-hydrogen) atoms. The SMILES string of the molecule is N#Cc1ccccc1OCCN1CCN(C(=O)c2cc3cccnc3[nH]2)CC1. The van der Waals surface area contributed by atoms with Crippen molar-refractivity contribution in [2.75, 3.05) is 39.3 Å². The molecule has 0 atom stereocenters. The summed E-state index contributed by atoms with van der Waals surface area (Å²) in [5.74, 6) is 0.628. The van der Waals surface area contributed by atoms with E-state index in [4.69, 9.17) is 10.00 Å². The van der Waals surface area contributed by atoms with Gasteiger partial charge in [0.1, 0.15) is 29.8 Å². The monoisotopic (exact) mass is 375 g/mol. The van der Waals surface area contributed by atoms with Crippen molar-refractivity contribution in [2.24, 2.45) is 0 Å². The zero-order valence-corrected chi connectivity index (χ0v) is 15.5. The summed E-state index contributed by atoms with van der Waals surface area (Å²) in [6.45, 7) is 4.23. The molecule has 2 aromatic heterocycles. The molecule has 0 aliphatic carbocycles. The van der Waals surface area contributed by atoms with Gasteiger partial charge in [-0.15, -0.1) is 0 Å². The second-order valence-corrected chi connectivity index (χ2v) is 6.71. The standard InChI is InChI=1S/C21H21N5O2/c22-15-17-4-1-2-6-19(17)28-13-12-25-8-10-26(11-9-25)21(27)18-14-16-5-3-7-23-20(16)24-18/h1-7,14H,8-13H2,(H,23,24). The van der Waals surface area contributed by atoms with Crippen LogP contribution in [0.5, 0.6) is 5.75 Å². The highest BCUT2D eigenvalue weighted by molar-refractivity contribution is 5.97. The van der Waals surface area contributed by atoms with Gasteiger partial charge >= 0.3 is 0 Å². The lowest BCUT2D eigenvalue weighted by molar-refractivity contribution is 0.0615. The minimum absolute atomic E-state index is 0.0110. The molecule has 7 nitrogen and oxygen atoms in total. The summed E-state index contributed by atoms with van der Waals surface area (Å²) in [6, 6.07) is 15.0. The number of nitrogens with one attached hydrogen (secondary N) is 1. The molecule has 3 heterocycles. The van der Waals surface area contributed by atoms with Gasteiger partial charge in [-0.2, -0.15) is 5.26 Å². The Balaban J connectivity index is 1.27. The Morgan fingerprint density at radius 1 is 1.18 bits per heavy atom. The lowest BCUT2D eigenvalue weighted by Crippen LogP contribution is -2.49. The molecule has 1 aliphatic rings. The molecule has 3 aromatic rings. The third-order valence-corrected chi connectivity index (χ3v) is 4.95. The van der Waals surface area contributed by atoms with Gasteiger partial charge < -0.3 is 14.6 Å². The fourth-order valence-electron chi connectivity index (χ4n) is 3.39. The number of piperazine rings is 1. The smallest absolute Gasteiger partial charge is 0.270 e. The Labute approximate surface area is 163 Å².